The number of carbonyl (C=O) groups is 2. The van der Waals surface area contributed by atoms with E-state index in [1.165, 1.54) is 38.0 Å². The van der Waals surface area contributed by atoms with Crippen LogP contribution < -0.4 is 0 Å². The zero-order valence-corrected chi connectivity index (χ0v) is 16.7. The fourth-order valence-electron chi connectivity index (χ4n) is 2.50. The Morgan fingerprint density at radius 1 is 0.963 bits per heavy atom. The summed E-state index contributed by atoms with van der Waals surface area (Å²) in [6.45, 7) is 3.84. The fraction of sp³-hybridized carbons (Fsp3) is 0.579. The van der Waals surface area contributed by atoms with Crippen molar-refractivity contribution in [1.29, 1.82) is 0 Å². The van der Waals surface area contributed by atoms with Gasteiger partial charge in [-0.3, -0.25) is 4.55 Å². The van der Waals surface area contributed by atoms with Crippen molar-refractivity contribution in [3.8, 4) is 0 Å². The van der Waals surface area contributed by atoms with E-state index in [0.717, 1.165) is 25.7 Å². The predicted octanol–water partition coefficient (Wildman–Crippen LogP) is 3.98. The van der Waals surface area contributed by atoms with E-state index < -0.39 is 27.5 Å². The molecule has 0 saturated carbocycles. The molecule has 1 atom stereocenters. The fourth-order valence-corrected chi connectivity index (χ4v) is 3.13. The molecule has 7 nitrogen and oxygen atoms in total. The SMILES string of the molecule is CCCCCCCCOC(=O)c1ccccc1C(=O)OC(CC)S(=O)(=O)O. The van der Waals surface area contributed by atoms with Crippen molar-refractivity contribution < 1.29 is 32.0 Å². The largest absolute Gasteiger partial charge is 0.462 e. The summed E-state index contributed by atoms with van der Waals surface area (Å²) in [5.74, 6) is -1.68. The van der Waals surface area contributed by atoms with Crippen LogP contribution in [-0.4, -0.2) is 37.0 Å². The van der Waals surface area contributed by atoms with Crippen LogP contribution in [0.4, 0.5) is 0 Å². The second-order valence-corrected chi connectivity index (χ2v) is 7.76. The van der Waals surface area contributed by atoms with Crippen LogP contribution in [0.5, 0.6) is 0 Å². The molecule has 0 aromatic heterocycles. The third-order valence-corrected chi connectivity index (χ3v) is 5.10. The van der Waals surface area contributed by atoms with Crippen LogP contribution >= 0.6 is 0 Å². The van der Waals surface area contributed by atoms with Crippen molar-refractivity contribution in [3.05, 3.63) is 35.4 Å². The molecular formula is C19H28O7S. The number of benzene rings is 1. The lowest BCUT2D eigenvalue weighted by Crippen LogP contribution is -2.27. The number of esters is 2. The first kappa shape index (κ1) is 23.1. The Balaban J connectivity index is 2.67. The lowest BCUT2D eigenvalue weighted by molar-refractivity contribution is 0.0402. The maximum absolute atomic E-state index is 12.3. The summed E-state index contributed by atoms with van der Waals surface area (Å²) in [6.07, 6.45) is 6.19. The smallest absolute Gasteiger partial charge is 0.340 e. The molecule has 0 heterocycles. The lowest BCUT2D eigenvalue weighted by Gasteiger charge is -2.14. The Morgan fingerprint density at radius 3 is 2.07 bits per heavy atom. The van der Waals surface area contributed by atoms with Crippen LogP contribution in [0.3, 0.4) is 0 Å². The topological polar surface area (TPSA) is 107 Å². The van der Waals surface area contributed by atoms with Gasteiger partial charge in [-0.05, 0) is 25.0 Å². The van der Waals surface area contributed by atoms with Crippen LogP contribution in [0.2, 0.25) is 0 Å². The van der Waals surface area contributed by atoms with E-state index in [0.29, 0.717) is 0 Å². The number of ether oxygens (including phenoxy) is 2. The molecule has 1 rings (SSSR count). The molecule has 0 saturated heterocycles. The highest BCUT2D eigenvalue weighted by molar-refractivity contribution is 7.86. The van der Waals surface area contributed by atoms with Crippen LogP contribution in [0.1, 0.15) is 79.5 Å². The summed E-state index contributed by atoms with van der Waals surface area (Å²) in [5.41, 5.74) is -1.79. The van der Waals surface area contributed by atoms with Gasteiger partial charge < -0.3 is 9.47 Å². The quantitative estimate of drug-likeness (QED) is 0.321. The zero-order chi connectivity index (χ0) is 20.3. The van der Waals surface area contributed by atoms with Crippen molar-refractivity contribution in [2.75, 3.05) is 6.61 Å². The van der Waals surface area contributed by atoms with Gasteiger partial charge in [-0.1, -0.05) is 58.1 Å². The normalized spacial score (nSPS) is 12.4. The van der Waals surface area contributed by atoms with Crippen LogP contribution in [-0.2, 0) is 19.6 Å². The van der Waals surface area contributed by atoms with E-state index >= 15 is 0 Å². The van der Waals surface area contributed by atoms with E-state index in [2.05, 4.69) is 6.92 Å². The minimum Gasteiger partial charge on any atom is -0.462 e. The second kappa shape index (κ2) is 11.7. The summed E-state index contributed by atoms with van der Waals surface area (Å²) in [7, 11) is -4.54. The minimum absolute atomic E-state index is 0.00123. The Morgan fingerprint density at radius 2 is 1.52 bits per heavy atom. The van der Waals surface area contributed by atoms with E-state index in [9.17, 15) is 18.0 Å². The first-order chi connectivity index (χ1) is 12.8. The number of rotatable bonds is 12. The summed E-state index contributed by atoms with van der Waals surface area (Å²) >= 11 is 0. The third kappa shape index (κ3) is 8.09. The van der Waals surface area contributed by atoms with Gasteiger partial charge in [-0.2, -0.15) is 8.42 Å². The summed E-state index contributed by atoms with van der Waals surface area (Å²) < 4.78 is 41.5. The average molecular weight is 400 g/mol. The van der Waals surface area contributed by atoms with Gasteiger partial charge in [0.15, 0.2) is 0 Å². The molecule has 1 aromatic rings. The van der Waals surface area contributed by atoms with E-state index in [4.69, 9.17) is 14.0 Å². The molecular weight excluding hydrogens is 372 g/mol. The van der Waals surface area contributed by atoms with Crippen LogP contribution in [0.25, 0.3) is 0 Å². The Hall–Kier alpha value is -1.93. The summed E-state index contributed by atoms with van der Waals surface area (Å²) in [4.78, 5) is 24.5. The van der Waals surface area contributed by atoms with E-state index in [1.54, 1.807) is 6.07 Å². The molecule has 0 spiro atoms. The van der Waals surface area contributed by atoms with Crippen LogP contribution in [0, 0.1) is 0 Å². The Bertz CT molecular complexity index is 713. The van der Waals surface area contributed by atoms with Crippen molar-refractivity contribution in [3.63, 3.8) is 0 Å². The molecule has 8 heteroatoms. The van der Waals surface area contributed by atoms with Gasteiger partial charge in [0.1, 0.15) is 0 Å². The number of hydrogen-bond acceptors (Lipinski definition) is 6. The Kier molecular flexibility index (Phi) is 10.0. The summed E-state index contributed by atoms with van der Waals surface area (Å²) in [6, 6.07) is 5.85. The molecule has 0 aliphatic heterocycles. The molecule has 1 aromatic carbocycles. The third-order valence-electron chi connectivity index (χ3n) is 4.00. The van der Waals surface area contributed by atoms with E-state index in [-0.39, 0.29) is 24.2 Å². The maximum atomic E-state index is 12.3. The van der Waals surface area contributed by atoms with Gasteiger partial charge in [-0.15, -0.1) is 0 Å². The lowest BCUT2D eigenvalue weighted by atomic mass is 10.1. The molecule has 1 N–H and O–H groups in total. The standard InChI is InChI=1S/C19H28O7S/c1-3-5-6-7-8-11-14-25-18(20)15-12-9-10-13-16(15)19(21)26-17(4-2)27(22,23)24/h9-10,12-13,17H,3-8,11,14H2,1-2H3,(H,22,23,24). The molecule has 152 valence electrons. The van der Waals surface area contributed by atoms with Gasteiger partial charge in [0.05, 0.1) is 17.7 Å². The maximum Gasteiger partial charge on any atom is 0.340 e. The summed E-state index contributed by atoms with van der Waals surface area (Å²) in [5, 5.41) is 0. The van der Waals surface area contributed by atoms with Crippen molar-refractivity contribution in [2.24, 2.45) is 0 Å². The van der Waals surface area contributed by atoms with Gasteiger partial charge >= 0.3 is 22.1 Å². The molecule has 27 heavy (non-hydrogen) atoms. The molecule has 1 unspecified atom stereocenters. The monoisotopic (exact) mass is 400 g/mol. The first-order valence-corrected chi connectivity index (χ1v) is 10.7. The van der Waals surface area contributed by atoms with Gasteiger partial charge in [0, 0.05) is 0 Å². The number of carbonyl (C=O) groups excluding carboxylic acids is 2. The highest BCUT2D eigenvalue weighted by atomic mass is 32.2. The van der Waals surface area contributed by atoms with Gasteiger partial charge in [-0.25, -0.2) is 9.59 Å². The van der Waals surface area contributed by atoms with Gasteiger partial charge in [0.25, 0.3) is 0 Å². The van der Waals surface area contributed by atoms with Crippen molar-refractivity contribution >= 4 is 22.1 Å². The highest BCUT2D eigenvalue weighted by Gasteiger charge is 2.28. The number of unbranched alkanes of at least 4 members (excludes halogenated alkanes) is 5. The first-order valence-electron chi connectivity index (χ1n) is 9.24. The predicted molar refractivity (Wildman–Crippen MR) is 101 cm³/mol. The molecule has 0 radical (unpaired) electrons. The number of hydrogen-bond donors (Lipinski definition) is 1. The molecule has 0 fully saturated rings. The average Bonchev–Trinajstić information content (AvgIpc) is 2.64. The minimum atomic E-state index is -4.54. The molecule has 0 aliphatic carbocycles. The highest BCUT2D eigenvalue weighted by Crippen LogP contribution is 2.16. The second-order valence-electron chi connectivity index (χ2n) is 6.21. The molecule has 0 amide bonds. The van der Waals surface area contributed by atoms with Gasteiger partial charge in [0.2, 0.25) is 5.44 Å². The molecule has 0 aliphatic rings. The van der Waals surface area contributed by atoms with Crippen molar-refractivity contribution in [2.45, 2.75) is 64.2 Å². The van der Waals surface area contributed by atoms with Crippen molar-refractivity contribution in [1.82, 2.24) is 0 Å². The Labute approximate surface area is 160 Å². The van der Waals surface area contributed by atoms with Crippen LogP contribution in [0.15, 0.2) is 24.3 Å². The van der Waals surface area contributed by atoms with E-state index in [1.807, 2.05) is 0 Å². The molecule has 0 bridgehead atoms. The zero-order valence-electron chi connectivity index (χ0n) is 15.8.